The first-order chi connectivity index (χ1) is 14.1. The molecule has 5 heteroatoms. The molecule has 0 aliphatic carbocycles. The first kappa shape index (κ1) is 19.4. The van der Waals surface area contributed by atoms with Crippen molar-refractivity contribution in [3.63, 3.8) is 0 Å². The van der Waals surface area contributed by atoms with Crippen molar-refractivity contribution in [3.8, 4) is 11.3 Å². The van der Waals surface area contributed by atoms with Gasteiger partial charge in [-0.25, -0.2) is 0 Å². The van der Waals surface area contributed by atoms with E-state index in [1.165, 1.54) is 0 Å². The fourth-order valence-electron chi connectivity index (χ4n) is 4.09. The summed E-state index contributed by atoms with van der Waals surface area (Å²) in [7, 11) is 1.82. The Morgan fingerprint density at radius 2 is 1.69 bits per heavy atom. The predicted octanol–water partition coefficient (Wildman–Crippen LogP) is 3.54. The number of carbonyl (C=O) groups is 1. The van der Waals surface area contributed by atoms with Gasteiger partial charge in [-0.15, -0.1) is 0 Å². The lowest BCUT2D eigenvalue weighted by atomic mass is 9.88. The van der Waals surface area contributed by atoms with Crippen LogP contribution < -0.4 is 0 Å². The Bertz CT molecular complexity index is 945. The van der Waals surface area contributed by atoms with Gasteiger partial charge in [0, 0.05) is 25.7 Å². The first-order valence-electron chi connectivity index (χ1n) is 10.2. The van der Waals surface area contributed by atoms with Crippen molar-refractivity contribution < 1.29 is 9.90 Å². The third-order valence-corrected chi connectivity index (χ3v) is 5.83. The molecule has 0 spiro atoms. The number of hydrogen-bond donors (Lipinski definition) is 1. The Morgan fingerprint density at radius 3 is 2.34 bits per heavy atom. The summed E-state index contributed by atoms with van der Waals surface area (Å²) in [5, 5.41) is 15.1. The van der Waals surface area contributed by atoms with Gasteiger partial charge < -0.3 is 10.0 Å². The van der Waals surface area contributed by atoms with Crippen molar-refractivity contribution in [1.29, 1.82) is 0 Å². The van der Waals surface area contributed by atoms with Crippen molar-refractivity contribution >= 4 is 5.91 Å². The second kappa shape index (κ2) is 8.62. The zero-order valence-electron chi connectivity index (χ0n) is 16.7. The fourth-order valence-corrected chi connectivity index (χ4v) is 4.09. The molecule has 1 aliphatic heterocycles. The zero-order chi connectivity index (χ0) is 20.2. The van der Waals surface area contributed by atoms with Gasteiger partial charge in [0.1, 0.15) is 5.69 Å². The Kier molecular flexibility index (Phi) is 5.76. The highest BCUT2D eigenvalue weighted by molar-refractivity contribution is 5.93. The van der Waals surface area contributed by atoms with Crippen LogP contribution in [0, 0.1) is 5.92 Å². The van der Waals surface area contributed by atoms with Gasteiger partial charge in [0.25, 0.3) is 5.91 Å². The summed E-state index contributed by atoms with van der Waals surface area (Å²) in [6.07, 6.45) is 1.95. The minimum atomic E-state index is -0.365. The molecular weight excluding hydrogens is 362 g/mol. The molecule has 29 heavy (non-hydrogen) atoms. The van der Waals surface area contributed by atoms with Gasteiger partial charge >= 0.3 is 0 Å². The number of aromatic nitrogens is 2. The summed E-state index contributed by atoms with van der Waals surface area (Å²) < 4.78 is 1.67. The molecule has 150 valence electrons. The van der Waals surface area contributed by atoms with Crippen LogP contribution in [0.5, 0.6) is 0 Å². The van der Waals surface area contributed by atoms with Gasteiger partial charge in [-0.2, -0.15) is 5.10 Å². The first-order valence-corrected chi connectivity index (χ1v) is 10.2. The molecule has 0 bridgehead atoms. The topological polar surface area (TPSA) is 58.4 Å². The van der Waals surface area contributed by atoms with Crippen LogP contribution in [0.4, 0.5) is 0 Å². The maximum atomic E-state index is 13.0. The molecule has 1 aliphatic rings. The molecule has 0 saturated carbocycles. The van der Waals surface area contributed by atoms with Crippen LogP contribution in [-0.4, -0.2) is 44.9 Å². The van der Waals surface area contributed by atoms with Gasteiger partial charge in [-0.05, 0) is 36.8 Å². The van der Waals surface area contributed by atoms with Gasteiger partial charge in [-0.3, -0.25) is 9.48 Å². The van der Waals surface area contributed by atoms with Crippen molar-refractivity contribution in [3.05, 3.63) is 78.0 Å². The summed E-state index contributed by atoms with van der Waals surface area (Å²) in [5.74, 6) is 0.240. The van der Waals surface area contributed by atoms with Crippen molar-refractivity contribution in [1.82, 2.24) is 14.7 Å². The summed E-state index contributed by atoms with van der Waals surface area (Å²) in [6.45, 7) is 1.34. The summed E-state index contributed by atoms with van der Waals surface area (Å²) in [5.41, 5.74) is 3.57. The number of nitrogens with zero attached hydrogens (tertiary/aromatic N) is 3. The number of piperidine rings is 1. The molecule has 2 aromatic carbocycles. The maximum absolute atomic E-state index is 13.0. The molecule has 1 N–H and O–H groups in total. The number of aliphatic hydroxyl groups is 1. The number of carbonyl (C=O) groups excluding carboxylic acids is 1. The van der Waals surface area contributed by atoms with Crippen LogP contribution in [0.3, 0.4) is 0 Å². The van der Waals surface area contributed by atoms with E-state index in [0.717, 1.165) is 29.7 Å². The van der Waals surface area contributed by atoms with E-state index in [-0.39, 0.29) is 17.9 Å². The lowest BCUT2D eigenvalue weighted by Crippen LogP contribution is -2.42. The monoisotopic (exact) mass is 389 g/mol. The summed E-state index contributed by atoms with van der Waals surface area (Å²) in [6, 6.07) is 21.9. The number of amides is 1. The maximum Gasteiger partial charge on any atom is 0.272 e. The van der Waals surface area contributed by atoms with Gasteiger partial charge in [0.05, 0.1) is 11.8 Å². The van der Waals surface area contributed by atoms with E-state index in [1.807, 2.05) is 66.5 Å². The van der Waals surface area contributed by atoms with Gasteiger partial charge in [0.15, 0.2) is 0 Å². The van der Waals surface area contributed by atoms with Gasteiger partial charge in [-0.1, -0.05) is 60.7 Å². The predicted molar refractivity (Wildman–Crippen MR) is 113 cm³/mol. The van der Waals surface area contributed by atoms with E-state index in [9.17, 15) is 9.90 Å². The van der Waals surface area contributed by atoms with E-state index in [2.05, 4.69) is 17.2 Å². The van der Waals surface area contributed by atoms with E-state index in [0.29, 0.717) is 25.2 Å². The van der Waals surface area contributed by atoms with Crippen molar-refractivity contribution in [2.24, 2.45) is 13.0 Å². The fraction of sp³-hybridized carbons (Fsp3) is 0.333. The highest BCUT2D eigenvalue weighted by Gasteiger charge is 2.29. The van der Waals surface area contributed by atoms with Crippen LogP contribution in [-0.2, 0) is 13.5 Å². The SMILES string of the molecule is Cn1nc(-c2ccccc2)cc1C(=O)N1CCC(C(O)Cc2ccccc2)CC1. The second-order valence-electron chi connectivity index (χ2n) is 7.79. The number of aryl methyl sites for hydroxylation is 1. The summed E-state index contributed by atoms with van der Waals surface area (Å²) >= 11 is 0. The Hall–Kier alpha value is -2.92. The quantitative estimate of drug-likeness (QED) is 0.726. The van der Waals surface area contributed by atoms with Crippen molar-refractivity contribution in [2.45, 2.75) is 25.4 Å². The minimum Gasteiger partial charge on any atom is -0.392 e. The highest BCUT2D eigenvalue weighted by Crippen LogP contribution is 2.25. The van der Waals surface area contributed by atoms with Crippen LogP contribution in [0.25, 0.3) is 11.3 Å². The Labute approximate surface area is 171 Å². The molecule has 0 radical (unpaired) electrons. The number of hydrogen-bond acceptors (Lipinski definition) is 3. The number of aliphatic hydroxyl groups excluding tert-OH is 1. The van der Waals surface area contributed by atoms with E-state index in [1.54, 1.807) is 4.68 Å². The van der Waals surface area contributed by atoms with Crippen LogP contribution in [0.2, 0.25) is 0 Å². The van der Waals surface area contributed by atoms with Crippen LogP contribution in [0.15, 0.2) is 66.7 Å². The lowest BCUT2D eigenvalue weighted by molar-refractivity contribution is 0.0460. The average Bonchev–Trinajstić information content (AvgIpc) is 3.16. The van der Waals surface area contributed by atoms with E-state index in [4.69, 9.17) is 0 Å². The molecule has 3 aromatic rings. The van der Waals surface area contributed by atoms with Crippen molar-refractivity contribution in [2.75, 3.05) is 13.1 Å². The molecule has 1 amide bonds. The standard InChI is InChI=1S/C24H27N3O2/c1-26-22(17-21(25-26)19-10-6-3-7-11-19)24(29)27-14-12-20(13-15-27)23(28)16-18-8-4-2-5-9-18/h2-11,17,20,23,28H,12-16H2,1H3. The zero-order valence-corrected chi connectivity index (χ0v) is 16.7. The molecular formula is C24H27N3O2. The van der Waals surface area contributed by atoms with E-state index < -0.39 is 0 Å². The third-order valence-electron chi connectivity index (χ3n) is 5.83. The molecule has 1 atom stereocenters. The molecule has 1 unspecified atom stereocenters. The largest absolute Gasteiger partial charge is 0.392 e. The Morgan fingerprint density at radius 1 is 1.07 bits per heavy atom. The molecule has 1 fully saturated rings. The molecule has 1 aromatic heterocycles. The summed E-state index contributed by atoms with van der Waals surface area (Å²) in [4.78, 5) is 14.9. The lowest BCUT2D eigenvalue weighted by Gasteiger charge is -2.34. The molecule has 1 saturated heterocycles. The van der Waals surface area contributed by atoms with Crippen LogP contribution in [0.1, 0.15) is 28.9 Å². The Balaban J connectivity index is 1.37. The molecule has 5 nitrogen and oxygen atoms in total. The van der Waals surface area contributed by atoms with Crippen LogP contribution >= 0.6 is 0 Å². The molecule has 4 rings (SSSR count). The third kappa shape index (κ3) is 4.40. The molecule has 2 heterocycles. The van der Waals surface area contributed by atoms with Gasteiger partial charge in [0.2, 0.25) is 0 Å². The average molecular weight is 389 g/mol. The second-order valence-corrected chi connectivity index (χ2v) is 7.79. The minimum absolute atomic E-state index is 0.0122. The number of rotatable bonds is 5. The number of benzene rings is 2. The number of likely N-dealkylation sites (tertiary alicyclic amines) is 1. The smallest absolute Gasteiger partial charge is 0.272 e. The normalized spacial score (nSPS) is 16.0. The van der Waals surface area contributed by atoms with E-state index >= 15 is 0 Å². The highest BCUT2D eigenvalue weighted by atomic mass is 16.3.